The first-order chi connectivity index (χ1) is 15.7. The molecule has 0 saturated carbocycles. The number of ether oxygens (including phenoxy) is 1. The molecule has 0 saturated heterocycles. The largest absolute Gasteiger partial charge is 0.573 e. The highest BCUT2D eigenvalue weighted by Crippen LogP contribution is 2.38. The van der Waals surface area contributed by atoms with Crippen LogP contribution in [-0.4, -0.2) is 27.6 Å². The molecule has 0 aliphatic rings. The molecule has 0 unspecified atom stereocenters. The number of aryl methyl sites for hydroxylation is 1. The Kier molecular flexibility index (Phi) is 8.53. The average molecular weight is 549 g/mol. The number of aliphatic hydroxyl groups is 1. The van der Waals surface area contributed by atoms with Gasteiger partial charge in [0.2, 0.25) is 5.95 Å². The van der Waals surface area contributed by atoms with Crippen molar-refractivity contribution in [1.29, 1.82) is 0 Å². The molecule has 0 atom stereocenters. The molecule has 0 aliphatic heterocycles. The number of hydrogen-bond donors (Lipinski definition) is 2. The zero-order valence-corrected chi connectivity index (χ0v) is 20.7. The molecule has 3 rings (SSSR count). The van der Waals surface area contributed by atoms with E-state index in [-0.39, 0.29) is 12.4 Å². The Morgan fingerprint density at radius 2 is 1.91 bits per heavy atom. The van der Waals surface area contributed by atoms with E-state index in [1.54, 1.807) is 0 Å². The summed E-state index contributed by atoms with van der Waals surface area (Å²) in [4.78, 5) is 4.75. The van der Waals surface area contributed by atoms with Crippen molar-refractivity contribution in [3.8, 4) is 5.75 Å². The number of hydrogen-bond acceptors (Lipinski definition) is 4. The lowest BCUT2D eigenvalue weighted by molar-refractivity contribution is -0.274. The molecule has 180 valence electrons. The van der Waals surface area contributed by atoms with Crippen molar-refractivity contribution in [1.82, 2.24) is 9.55 Å². The highest BCUT2D eigenvalue weighted by Gasteiger charge is 2.31. The van der Waals surface area contributed by atoms with Crippen LogP contribution in [0.25, 0.3) is 11.0 Å². The maximum absolute atomic E-state index is 12.5. The number of halogens is 5. The van der Waals surface area contributed by atoms with Crippen LogP contribution in [-0.2, 0) is 6.54 Å². The zero-order chi connectivity index (χ0) is 24.2. The summed E-state index contributed by atoms with van der Waals surface area (Å²) >= 11 is 9.82. The van der Waals surface area contributed by atoms with Gasteiger partial charge in [-0.15, -0.1) is 13.2 Å². The Hall–Kier alpha value is -1.97. The molecule has 0 fully saturated rings. The third-order valence-electron chi connectivity index (χ3n) is 5.51. The standard InChI is InChI=1S/C23H26BrClF3N3O2/c1-3-14(4-2)16-8-9-18(25)20-21(16)31(11-5-6-12-32)22(30-20)29-19-10-7-15(13-17(19)24)33-23(26,27)28/h7-10,13-14,32H,3-6,11-12H2,1-2H3,(H,29,30). The number of aromatic nitrogens is 2. The summed E-state index contributed by atoms with van der Waals surface area (Å²) in [5, 5.41) is 13.0. The Morgan fingerprint density at radius 1 is 1.18 bits per heavy atom. The van der Waals surface area contributed by atoms with Gasteiger partial charge >= 0.3 is 6.36 Å². The zero-order valence-electron chi connectivity index (χ0n) is 18.3. The van der Waals surface area contributed by atoms with Gasteiger partial charge in [0.05, 0.1) is 16.2 Å². The normalized spacial score (nSPS) is 12.0. The molecule has 3 aromatic rings. The van der Waals surface area contributed by atoms with Crippen LogP contribution >= 0.6 is 27.5 Å². The van der Waals surface area contributed by atoms with Crippen LogP contribution in [0.4, 0.5) is 24.8 Å². The third-order valence-corrected chi connectivity index (χ3v) is 6.47. The van der Waals surface area contributed by atoms with Gasteiger partial charge in [-0.3, -0.25) is 0 Å². The summed E-state index contributed by atoms with van der Waals surface area (Å²) in [6.07, 6.45) is -1.48. The monoisotopic (exact) mass is 547 g/mol. The van der Waals surface area contributed by atoms with E-state index in [0.717, 1.165) is 30.3 Å². The molecule has 5 nitrogen and oxygen atoms in total. The number of rotatable bonds is 10. The summed E-state index contributed by atoms with van der Waals surface area (Å²) in [6.45, 7) is 4.96. The Morgan fingerprint density at radius 3 is 2.52 bits per heavy atom. The summed E-state index contributed by atoms with van der Waals surface area (Å²) in [7, 11) is 0. The summed E-state index contributed by atoms with van der Waals surface area (Å²) in [5.41, 5.74) is 3.28. The van der Waals surface area contributed by atoms with E-state index in [9.17, 15) is 18.3 Å². The summed E-state index contributed by atoms with van der Waals surface area (Å²) in [5.74, 6) is 0.528. The number of nitrogens with one attached hydrogen (secondary N) is 1. The number of alkyl halides is 3. The van der Waals surface area contributed by atoms with Gasteiger partial charge in [0.1, 0.15) is 11.3 Å². The van der Waals surface area contributed by atoms with Crippen molar-refractivity contribution in [2.45, 2.75) is 58.4 Å². The maximum atomic E-state index is 12.5. The Labute approximate surface area is 204 Å². The van der Waals surface area contributed by atoms with Crippen molar-refractivity contribution in [2.24, 2.45) is 0 Å². The molecular weight excluding hydrogens is 523 g/mol. The van der Waals surface area contributed by atoms with Crippen LogP contribution in [0.15, 0.2) is 34.8 Å². The Balaban J connectivity index is 2.07. The topological polar surface area (TPSA) is 59.3 Å². The minimum Gasteiger partial charge on any atom is -0.406 e. The molecule has 0 spiro atoms. The van der Waals surface area contributed by atoms with Gasteiger partial charge in [-0.25, -0.2) is 4.98 Å². The number of nitrogens with zero attached hydrogens (tertiary/aromatic N) is 2. The van der Waals surface area contributed by atoms with Gasteiger partial charge < -0.3 is 19.7 Å². The van der Waals surface area contributed by atoms with Crippen LogP contribution in [0.5, 0.6) is 5.75 Å². The van der Waals surface area contributed by atoms with Crippen molar-refractivity contribution < 1.29 is 23.0 Å². The predicted molar refractivity (Wildman–Crippen MR) is 128 cm³/mol. The van der Waals surface area contributed by atoms with Gasteiger partial charge in [0, 0.05) is 17.6 Å². The fourth-order valence-electron chi connectivity index (χ4n) is 3.90. The van der Waals surface area contributed by atoms with Crippen LogP contribution in [0, 0.1) is 0 Å². The first kappa shape index (κ1) is 25.6. The minimum atomic E-state index is -4.77. The molecule has 0 bridgehead atoms. The minimum absolute atomic E-state index is 0.0851. The molecule has 10 heteroatoms. The third kappa shape index (κ3) is 6.13. The second kappa shape index (κ2) is 11.0. The molecule has 1 heterocycles. The van der Waals surface area contributed by atoms with Crippen LogP contribution < -0.4 is 10.1 Å². The van der Waals surface area contributed by atoms with E-state index in [1.807, 2.05) is 16.7 Å². The number of anilines is 2. The quantitative estimate of drug-likeness (QED) is 0.254. The molecule has 2 N–H and O–H groups in total. The number of unbranched alkanes of at least 4 members (excludes halogenated alkanes) is 1. The second-order valence-electron chi connectivity index (χ2n) is 7.68. The highest BCUT2D eigenvalue weighted by atomic mass is 79.9. The fourth-order valence-corrected chi connectivity index (χ4v) is 4.55. The van der Waals surface area contributed by atoms with E-state index in [0.29, 0.717) is 45.5 Å². The molecular formula is C23H26BrClF3N3O2. The summed E-state index contributed by atoms with van der Waals surface area (Å²) in [6, 6.07) is 7.87. The maximum Gasteiger partial charge on any atom is 0.573 e. The lowest BCUT2D eigenvalue weighted by atomic mass is 9.93. The predicted octanol–water partition coefficient (Wildman–Crippen LogP) is 7.77. The number of imidazole rings is 1. The Bertz CT molecular complexity index is 1100. The van der Waals surface area contributed by atoms with E-state index in [4.69, 9.17) is 16.6 Å². The number of benzene rings is 2. The molecule has 0 radical (unpaired) electrons. The molecule has 1 aromatic heterocycles. The van der Waals surface area contributed by atoms with Gasteiger partial charge in [-0.1, -0.05) is 31.5 Å². The fraction of sp³-hybridized carbons (Fsp3) is 0.435. The highest BCUT2D eigenvalue weighted by molar-refractivity contribution is 9.10. The average Bonchev–Trinajstić information content (AvgIpc) is 3.10. The van der Waals surface area contributed by atoms with Crippen LogP contribution in [0.3, 0.4) is 0 Å². The molecule has 2 aromatic carbocycles. The van der Waals surface area contributed by atoms with E-state index < -0.39 is 6.36 Å². The van der Waals surface area contributed by atoms with Gasteiger partial charge in [-0.05, 0) is 77.4 Å². The summed E-state index contributed by atoms with van der Waals surface area (Å²) < 4.78 is 44.0. The molecule has 0 aliphatic carbocycles. The van der Waals surface area contributed by atoms with Crippen LogP contribution in [0.2, 0.25) is 5.02 Å². The van der Waals surface area contributed by atoms with Crippen molar-refractivity contribution in [2.75, 3.05) is 11.9 Å². The molecule has 33 heavy (non-hydrogen) atoms. The van der Waals surface area contributed by atoms with Crippen LogP contribution in [0.1, 0.15) is 51.0 Å². The number of aliphatic hydroxyl groups excluding tert-OH is 1. The first-order valence-corrected chi connectivity index (χ1v) is 12.0. The van der Waals surface area contributed by atoms with Crippen molar-refractivity contribution in [3.63, 3.8) is 0 Å². The van der Waals surface area contributed by atoms with Gasteiger partial charge in [-0.2, -0.15) is 0 Å². The molecule has 0 amide bonds. The number of fused-ring (bicyclic) bond motifs is 1. The van der Waals surface area contributed by atoms with E-state index in [2.05, 4.69) is 39.8 Å². The van der Waals surface area contributed by atoms with E-state index in [1.165, 1.54) is 18.2 Å². The SMILES string of the molecule is CCC(CC)c1ccc(Cl)c2nc(Nc3ccc(OC(F)(F)F)cc3Br)n(CCCCO)c12. The first-order valence-electron chi connectivity index (χ1n) is 10.8. The van der Waals surface area contributed by atoms with Crippen molar-refractivity contribution in [3.05, 3.63) is 45.4 Å². The van der Waals surface area contributed by atoms with E-state index >= 15 is 0 Å². The lowest BCUT2D eigenvalue weighted by Crippen LogP contribution is -2.17. The smallest absolute Gasteiger partial charge is 0.406 e. The second-order valence-corrected chi connectivity index (χ2v) is 8.94. The van der Waals surface area contributed by atoms with Gasteiger partial charge in [0.25, 0.3) is 0 Å². The van der Waals surface area contributed by atoms with Gasteiger partial charge in [0.15, 0.2) is 0 Å². The van der Waals surface area contributed by atoms with Crippen molar-refractivity contribution >= 4 is 50.2 Å². The lowest BCUT2D eigenvalue weighted by Gasteiger charge is -2.18.